The second-order valence-corrected chi connectivity index (χ2v) is 4.94. The Kier molecular flexibility index (Phi) is 3.70. The quantitative estimate of drug-likeness (QED) is 0.584. The maximum atomic E-state index is 12.7. The van der Waals surface area contributed by atoms with Gasteiger partial charge in [0.25, 0.3) is 0 Å². The van der Waals surface area contributed by atoms with Crippen molar-refractivity contribution in [3.8, 4) is 0 Å². The van der Waals surface area contributed by atoms with E-state index in [4.69, 9.17) is 0 Å². The van der Waals surface area contributed by atoms with E-state index in [1.165, 1.54) is 6.92 Å². The summed E-state index contributed by atoms with van der Waals surface area (Å²) >= 11 is 0. The van der Waals surface area contributed by atoms with Crippen LogP contribution in [-0.4, -0.2) is 11.8 Å². The van der Waals surface area contributed by atoms with Crippen molar-refractivity contribution < 1.29 is 35.9 Å². The van der Waals surface area contributed by atoms with Crippen LogP contribution in [0.25, 0.3) is 0 Å². The Morgan fingerprint density at radius 1 is 0.955 bits per heavy atom. The van der Waals surface area contributed by atoms with Crippen LogP contribution in [0.15, 0.2) is 18.2 Å². The van der Waals surface area contributed by atoms with Gasteiger partial charge in [0, 0.05) is 12.3 Å². The molecule has 0 bridgehead atoms. The van der Waals surface area contributed by atoms with Crippen LogP contribution in [0.5, 0.6) is 0 Å². The smallest absolute Gasteiger partial charge is 0.274 e. The molecule has 1 aliphatic rings. The van der Waals surface area contributed by atoms with E-state index in [1.54, 1.807) is 0 Å². The summed E-state index contributed by atoms with van der Waals surface area (Å²) in [5.41, 5.74) is -3.86. The van der Waals surface area contributed by atoms with E-state index < -0.39 is 46.9 Å². The number of benzene rings is 1. The lowest BCUT2D eigenvalue weighted by Crippen LogP contribution is -2.30. The number of carbonyl (C=O) groups is 2. The molecule has 9 heteroatoms. The van der Waals surface area contributed by atoms with Gasteiger partial charge in [-0.1, -0.05) is 6.92 Å². The van der Waals surface area contributed by atoms with Gasteiger partial charge in [-0.2, -0.15) is 26.3 Å². The van der Waals surface area contributed by atoms with Gasteiger partial charge in [-0.05, 0) is 18.2 Å². The maximum Gasteiger partial charge on any atom is 0.416 e. The number of nitrogens with zero attached hydrogens (tertiary/aromatic N) is 1. The number of hydrogen-bond donors (Lipinski definition) is 0. The summed E-state index contributed by atoms with van der Waals surface area (Å²) in [5.74, 6) is -2.43. The van der Waals surface area contributed by atoms with E-state index in [-0.39, 0.29) is 12.5 Å². The highest BCUT2D eigenvalue weighted by molar-refractivity contribution is 6.20. The summed E-state index contributed by atoms with van der Waals surface area (Å²) in [6.45, 7) is 1.37. The number of halogens is 6. The Bertz CT molecular complexity index is 602. The molecule has 3 nitrogen and oxygen atoms in total. The molecule has 1 heterocycles. The number of rotatable bonds is 1. The molecule has 1 aromatic rings. The first-order chi connectivity index (χ1) is 9.91. The van der Waals surface area contributed by atoms with Crippen molar-refractivity contribution >= 4 is 17.5 Å². The Morgan fingerprint density at radius 3 is 1.73 bits per heavy atom. The minimum absolute atomic E-state index is 0.0576. The number of imide groups is 1. The third-order valence-corrected chi connectivity index (χ3v) is 3.20. The fraction of sp³-hybridized carbons (Fsp3) is 0.385. The maximum absolute atomic E-state index is 12.7. The molecule has 1 aromatic carbocycles. The van der Waals surface area contributed by atoms with Crippen LogP contribution < -0.4 is 4.90 Å². The first-order valence-corrected chi connectivity index (χ1v) is 6.07. The highest BCUT2D eigenvalue weighted by Crippen LogP contribution is 2.39. The van der Waals surface area contributed by atoms with Crippen molar-refractivity contribution in [3.63, 3.8) is 0 Å². The summed E-state index contributed by atoms with van der Waals surface area (Å²) in [5, 5.41) is 0. The molecular weight excluding hydrogens is 316 g/mol. The highest BCUT2D eigenvalue weighted by Gasteiger charge is 2.41. The van der Waals surface area contributed by atoms with E-state index >= 15 is 0 Å². The SMILES string of the molecule is C[C@H]1CC(=O)N(c2cc(C(F)(F)F)cc(C(F)(F)F)c2)C1=O. The van der Waals surface area contributed by atoms with Crippen LogP contribution in [0.4, 0.5) is 32.0 Å². The zero-order chi connectivity index (χ0) is 16.9. The third-order valence-electron chi connectivity index (χ3n) is 3.20. The lowest BCUT2D eigenvalue weighted by molar-refractivity contribution is -0.143. The molecule has 120 valence electrons. The predicted octanol–water partition coefficient (Wildman–Crippen LogP) is 3.62. The van der Waals surface area contributed by atoms with Crippen LogP contribution in [0.3, 0.4) is 0 Å². The number of carbonyl (C=O) groups excluding carboxylic acids is 2. The minimum atomic E-state index is -5.03. The van der Waals surface area contributed by atoms with Crippen molar-refractivity contribution in [1.29, 1.82) is 0 Å². The average Bonchev–Trinajstić information content (AvgIpc) is 2.60. The fourth-order valence-electron chi connectivity index (χ4n) is 2.12. The lowest BCUT2D eigenvalue weighted by Gasteiger charge is -2.19. The van der Waals surface area contributed by atoms with E-state index in [2.05, 4.69) is 0 Å². The van der Waals surface area contributed by atoms with Crippen LogP contribution in [0.1, 0.15) is 24.5 Å². The standard InChI is InChI=1S/C13H9F6NO2/c1-6-2-10(21)20(11(6)22)9-4-7(12(14,15)16)3-8(5-9)13(17,18)19/h3-6H,2H2,1H3/t6-/m0/s1. The molecule has 0 saturated carbocycles. The number of anilines is 1. The first kappa shape index (κ1) is 16.3. The highest BCUT2D eigenvalue weighted by atomic mass is 19.4. The van der Waals surface area contributed by atoms with Gasteiger partial charge in [0.15, 0.2) is 0 Å². The van der Waals surface area contributed by atoms with Gasteiger partial charge in [-0.15, -0.1) is 0 Å². The predicted molar refractivity (Wildman–Crippen MR) is 62.7 cm³/mol. The number of alkyl halides is 6. The largest absolute Gasteiger partial charge is 0.416 e. The first-order valence-electron chi connectivity index (χ1n) is 6.07. The van der Waals surface area contributed by atoms with E-state index in [9.17, 15) is 35.9 Å². The van der Waals surface area contributed by atoms with Crippen molar-refractivity contribution in [2.75, 3.05) is 4.90 Å². The van der Waals surface area contributed by atoms with Crippen LogP contribution in [-0.2, 0) is 21.9 Å². The molecule has 2 amide bonds. The molecule has 1 saturated heterocycles. The summed E-state index contributed by atoms with van der Waals surface area (Å²) in [6.07, 6.45) is -10.3. The Morgan fingerprint density at radius 2 is 1.41 bits per heavy atom. The minimum Gasteiger partial charge on any atom is -0.274 e. The van der Waals surface area contributed by atoms with Crippen LogP contribution in [0.2, 0.25) is 0 Å². The van der Waals surface area contributed by atoms with Gasteiger partial charge >= 0.3 is 12.4 Å². The molecule has 0 spiro atoms. The topological polar surface area (TPSA) is 37.4 Å². The average molecular weight is 325 g/mol. The number of amides is 2. The van der Waals surface area contributed by atoms with Crippen molar-refractivity contribution in [2.45, 2.75) is 25.7 Å². The molecule has 1 atom stereocenters. The summed E-state index contributed by atoms with van der Waals surface area (Å²) in [7, 11) is 0. The normalized spacial score (nSPS) is 20.0. The fourth-order valence-corrected chi connectivity index (χ4v) is 2.12. The monoisotopic (exact) mass is 325 g/mol. The van der Waals surface area contributed by atoms with E-state index in [1.807, 2.05) is 0 Å². The molecular formula is C13H9F6NO2. The van der Waals surface area contributed by atoms with Crippen molar-refractivity contribution in [2.24, 2.45) is 5.92 Å². The van der Waals surface area contributed by atoms with Crippen LogP contribution in [0, 0.1) is 5.92 Å². The van der Waals surface area contributed by atoms with Crippen molar-refractivity contribution in [3.05, 3.63) is 29.3 Å². The molecule has 2 rings (SSSR count). The molecule has 0 aliphatic carbocycles. The summed E-state index contributed by atoms with van der Waals surface area (Å²) in [4.78, 5) is 23.8. The van der Waals surface area contributed by atoms with Gasteiger partial charge < -0.3 is 0 Å². The van der Waals surface area contributed by atoms with Crippen molar-refractivity contribution in [1.82, 2.24) is 0 Å². The Hall–Kier alpha value is -2.06. The van der Waals surface area contributed by atoms with Gasteiger partial charge in [-0.3, -0.25) is 14.5 Å². The summed E-state index contributed by atoms with van der Waals surface area (Å²) in [6, 6.07) is 0.671. The summed E-state index contributed by atoms with van der Waals surface area (Å²) < 4.78 is 76.4. The second-order valence-electron chi connectivity index (χ2n) is 4.94. The lowest BCUT2D eigenvalue weighted by atomic mass is 10.1. The van der Waals surface area contributed by atoms with Gasteiger partial charge in [0.1, 0.15) is 0 Å². The molecule has 0 unspecified atom stereocenters. The molecule has 1 aliphatic heterocycles. The third kappa shape index (κ3) is 2.93. The molecule has 22 heavy (non-hydrogen) atoms. The zero-order valence-corrected chi connectivity index (χ0v) is 11.0. The van der Waals surface area contributed by atoms with E-state index in [0.717, 1.165) is 0 Å². The van der Waals surface area contributed by atoms with Gasteiger partial charge in [0.05, 0.1) is 16.8 Å². The van der Waals surface area contributed by atoms with Gasteiger partial charge in [-0.25, -0.2) is 0 Å². The van der Waals surface area contributed by atoms with Crippen LogP contribution >= 0.6 is 0 Å². The molecule has 0 aromatic heterocycles. The second kappa shape index (κ2) is 4.99. The Balaban J connectivity index is 2.61. The molecule has 0 N–H and O–H groups in total. The zero-order valence-electron chi connectivity index (χ0n) is 11.0. The molecule has 0 radical (unpaired) electrons. The van der Waals surface area contributed by atoms with E-state index in [0.29, 0.717) is 17.0 Å². The Labute approximate surface area is 120 Å². The number of hydrogen-bond acceptors (Lipinski definition) is 2. The van der Waals surface area contributed by atoms with Gasteiger partial charge in [0.2, 0.25) is 11.8 Å². The molecule has 1 fully saturated rings.